The largest absolute Gasteiger partial charge is 0.484 e. The molecule has 0 bridgehead atoms. The highest BCUT2D eigenvalue weighted by molar-refractivity contribution is 9.10. The van der Waals surface area contributed by atoms with Crippen LogP contribution in [-0.2, 0) is 11.4 Å². The first-order valence-electron chi connectivity index (χ1n) is 8.34. The van der Waals surface area contributed by atoms with Gasteiger partial charge in [-0.25, -0.2) is 0 Å². The summed E-state index contributed by atoms with van der Waals surface area (Å²) >= 11 is 14.7. The number of ether oxygens (including phenoxy) is 1. The van der Waals surface area contributed by atoms with Crippen molar-refractivity contribution in [2.75, 3.05) is 6.54 Å². The highest BCUT2D eigenvalue weighted by Gasteiger charge is 2.31. The Balaban J connectivity index is 1.66. The second-order valence-corrected chi connectivity index (χ2v) is 8.17. The molecule has 1 amide bonds. The van der Waals surface area contributed by atoms with Crippen LogP contribution in [0.1, 0.15) is 25.4 Å². The molecule has 1 aromatic carbocycles. The SMILES string of the molecule is CC(C)CN1C(=O)/C(=C\c2ccc(COc3ccc(Br)cc3Cl)o2)NC1=S. The first kappa shape index (κ1) is 19.9. The van der Waals surface area contributed by atoms with E-state index < -0.39 is 0 Å². The van der Waals surface area contributed by atoms with Crippen LogP contribution in [0.2, 0.25) is 5.02 Å². The molecule has 1 N–H and O–H groups in total. The lowest BCUT2D eigenvalue weighted by molar-refractivity contribution is -0.122. The van der Waals surface area contributed by atoms with Crippen LogP contribution in [0.3, 0.4) is 0 Å². The zero-order valence-electron chi connectivity index (χ0n) is 14.8. The molecular formula is C19H18BrClN2O3S. The Labute approximate surface area is 176 Å². The van der Waals surface area contributed by atoms with Crippen LogP contribution in [0.25, 0.3) is 6.08 Å². The molecule has 27 heavy (non-hydrogen) atoms. The zero-order chi connectivity index (χ0) is 19.6. The Bertz CT molecular complexity index is 910. The maximum absolute atomic E-state index is 12.5. The molecule has 1 fully saturated rings. The van der Waals surface area contributed by atoms with Gasteiger partial charge in [0.1, 0.15) is 29.6 Å². The summed E-state index contributed by atoms with van der Waals surface area (Å²) in [6.45, 7) is 4.87. The minimum atomic E-state index is -0.149. The number of furan rings is 1. The van der Waals surface area contributed by atoms with E-state index in [0.717, 1.165) is 4.47 Å². The molecule has 142 valence electrons. The summed E-state index contributed by atoms with van der Waals surface area (Å²) in [5, 5.41) is 3.87. The van der Waals surface area contributed by atoms with Crippen LogP contribution in [0.4, 0.5) is 0 Å². The van der Waals surface area contributed by atoms with E-state index in [2.05, 4.69) is 21.2 Å². The molecule has 5 nitrogen and oxygen atoms in total. The van der Waals surface area contributed by atoms with Gasteiger partial charge in [-0.05, 0) is 48.5 Å². The number of amides is 1. The van der Waals surface area contributed by atoms with Crippen molar-refractivity contribution in [1.82, 2.24) is 10.2 Å². The van der Waals surface area contributed by atoms with Gasteiger partial charge in [-0.3, -0.25) is 9.69 Å². The van der Waals surface area contributed by atoms with Crippen molar-refractivity contribution in [2.45, 2.75) is 20.5 Å². The van der Waals surface area contributed by atoms with Crippen molar-refractivity contribution in [3.63, 3.8) is 0 Å². The van der Waals surface area contributed by atoms with E-state index in [1.807, 2.05) is 19.9 Å². The number of nitrogens with zero attached hydrogens (tertiary/aromatic N) is 1. The van der Waals surface area contributed by atoms with Crippen molar-refractivity contribution in [3.8, 4) is 5.75 Å². The molecule has 0 atom stereocenters. The second-order valence-electron chi connectivity index (χ2n) is 6.47. The monoisotopic (exact) mass is 468 g/mol. The Morgan fingerprint density at radius 1 is 1.37 bits per heavy atom. The summed E-state index contributed by atoms with van der Waals surface area (Å²) in [5.41, 5.74) is 0.401. The van der Waals surface area contributed by atoms with Gasteiger partial charge in [0.05, 0.1) is 5.02 Å². The Kier molecular flexibility index (Phi) is 6.24. The fraction of sp³-hybridized carbons (Fsp3) is 0.263. The molecule has 0 spiro atoms. The highest BCUT2D eigenvalue weighted by Crippen LogP contribution is 2.28. The Morgan fingerprint density at radius 3 is 2.85 bits per heavy atom. The number of carbonyl (C=O) groups excluding carboxylic acids is 1. The number of carbonyl (C=O) groups is 1. The summed E-state index contributed by atoms with van der Waals surface area (Å²) in [4.78, 5) is 14.0. The lowest BCUT2D eigenvalue weighted by Gasteiger charge is -2.15. The van der Waals surface area contributed by atoms with Crippen LogP contribution >= 0.6 is 39.7 Å². The lowest BCUT2D eigenvalue weighted by atomic mass is 10.2. The standard InChI is InChI=1S/C19H18BrClN2O3S/c1-11(2)9-23-18(24)16(22-19(23)27)8-13-4-5-14(26-13)10-25-17-6-3-12(20)7-15(17)21/h3-8,11H,9-10H2,1-2H3,(H,22,27)/b16-8+. The third-order valence-corrected chi connectivity index (χ3v) is 4.85. The Morgan fingerprint density at radius 2 is 2.15 bits per heavy atom. The second kappa shape index (κ2) is 8.46. The maximum Gasteiger partial charge on any atom is 0.276 e. The van der Waals surface area contributed by atoms with Crippen molar-refractivity contribution < 1.29 is 13.9 Å². The van der Waals surface area contributed by atoms with Gasteiger partial charge in [0.15, 0.2) is 5.11 Å². The molecule has 3 rings (SSSR count). The zero-order valence-corrected chi connectivity index (χ0v) is 18.0. The summed E-state index contributed by atoms with van der Waals surface area (Å²) in [7, 11) is 0. The van der Waals surface area contributed by atoms with E-state index in [4.69, 9.17) is 33.0 Å². The molecule has 0 aliphatic carbocycles. The number of benzene rings is 1. The smallest absolute Gasteiger partial charge is 0.276 e. The number of rotatable bonds is 6. The number of hydrogen-bond acceptors (Lipinski definition) is 4. The predicted octanol–water partition coefficient (Wildman–Crippen LogP) is 4.99. The molecule has 2 heterocycles. The van der Waals surface area contributed by atoms with Gasteiger partial charge in [0, 0.05) is 17.1 Å². The Hall–Kier alpha value is -1.83. The summed E-state index contributed by atoms with van der Waals surface area (Å²) in [6, 6.07) is 8.96. The predicted molar refractivity (Wildman–Crippen MR) is 112 cm³/mol. The van der Waals surface area contributed by atoms with Crippen molar-refractivity contribution >= 4 is 56.8 Å². The molecule has 8 heteroatoms. The van der Waals surface area contributed by atoms with Gasteiger partial charge in [0.2, 0.25) is 0 Å². The number of hydrogen-bond donors (Lipinski definition) is 1. The van der Waals surface area contributed by atoms with Gasteiger partial charge in [0.25, 0.3) is 5.91 Å². The average Bonchev–Trinajstić information content (AvgIpc) is 3.14. The van der Waals surface area contributed by atoms with Crippen LogP contribution in [-0.4, -0.2) is 22.5 Å². The molecule has 0 saturated carbocycles. The van der Waals surface area contributed by atoms with E-state index in [9.17, 15) is 4.79 Å². The average molecular weight is 470 g/mol. The van der Waals surface area contributed by atoms with Crippen LogP contribution in [0.5, 0.6) is 5.75 Å². The maximum atomic E-state index is 12.5. The van der Waals surface area contributed by atoms with E-state index in [0.29, 0.717) is 45.6 Å². The van der Waals surface area contributed by atoms with Gasteiger partial charge in [-0.2, -0.15) is 0 Å². The third-order valence-electron chi connectivity index (χ3n) is 3.74. The van der Waals surface area contributed by atoms with Gasteiger partial charge in [-0.1, -0.05) is 41.4 Å². The van der Waals surface area contributed by atoms with Gasteiger partial charge < -0.3 is 14.5 Å². The van der Waals surface area contributed by atoms with Crippen LogP contribution in [0.15, 0.2) is 44.9 Å². The molecule has 0 unspecified atom stereocenters. The first-order chi connectivity index (χ1) is 12.8. The normalized spacial score (nSPS) is 15.7. The van der Waals surface area contributed by atoms with E-state index in [-0.39, 0.29) is 12.5 Å². The van der Waals surface area contributed by atoms with E-state index in [1.165, 1.54) is 0 Å². The fourth-order valence-corrected chi connectivity index (χ4v) is 3.53. The number of halogens is 2. The quantitative estimate of drug-likeness (QED) is 0.477. The van der Waals surface area contributed by atoms with Crippen molar-refractivity contribution in [2.24, 2.45) is 5.92 Å². The van der Waals surface area contributed by atoms with Crippen LogP contribution in [0, 0.1) is 5.92 Å². The van der Waals surface area contributed by atoms with Gasteiger partial charge in [-0.15, -0.1) is 0 Å². The number of thiocarbonyl (C=S) groups is 1. The third kappa shape index (κ3) is 4.91. The molecule has 1 saturated heterocycles. The molecule has 0 radical (unpaired) electrons. The molecule has 1 aliphatic rings. The van der Waals surface area contributed by atoms with Crippen LogP contribution < -0.4 is 10.1 Å². The summed E-state index contributed by atoms with van der Waals surface area (Å²) in [6.07, 6.45) is 1.64. The topological polar surface area (TPSA) is 54.7 Å². The summed E-state index contributed by atoms with van der Waals surface area (Å²) < 4.78 is 12.3. The van der Waals surface area contributed by atoms with E-state index >= 15 is 0 Å². The first-order valence-corrected chi connectivity index (χ1v) is 9.92. The molecule has 2 aromatic rings. The molecule has 1 aromatic heterocycles. The van der Waals surface area contributed by atoms with Crippen molar-refractivity contribution in [3.05, 3.63) is 57.0 Å². The minimum absolute atomic E-state index is 0.149. The number of nitrogens with one attached hydrogen (secondary N) is 1. The summed E-state index contributed by atoms with van der Waals surface area (Å²) in [5.74, 6) is 1.90. The van der Waals surface area contributed by atoms with E-state index in [1.54, 1.807) is 35.2 Å². The highest BCUT2D eigenvalue weighted by atomic mass is 79.9. The fourth-order valence-electron chi connectivity index (χ4n) is 2.54. The minimum Gasteiger partial charge on any atom is -0.484 e. The van der Waals surface area contributed by atoms with Crippen molar-refractivity contribution in [1.29, 1.82) is 0 Å². The molecule has 1 aliphatic heterocycles. The molecular weight excluding hydrogens is 452 g/mol. The van der Waals surface area contributed by atoms with Gasteiger partial charge >= 0.3 is 0 Å². The lowest BCUT2D eigenvalue weighted by Crippen LogP contribution is -2.33.